The minimum atomic E-state index is -4.82. The van der Waals surface area contributed by atoms with E-state index >= 15 is 0 Å². The van der Waals surface area contributed by atoms with E-state index in [1.807, 2.05) is 0 Å². The van der Waals surface area contributed by atoms with Gasteiger partial charge in [-0.15, -0.1) is 13.2 Å². The lowest BCUT2D eigenvalue weighted by Crippen LogP contribution is -2.19. The molecule has 0 aliphatic heterocycles. The zero-order valence-corrected chi connectivity index (χ0v) is 10.2. The molecular weight excluding hydrogens is 342 g/mol. The van der Waals surface area contributed by atoms with Crippen LogP contribution in [-0.4, -0.2) is 23.6 Å². The molecule has 0 saturated carbocycles. The molecule has 90 valence electrons. The van der Waals surface area contributed by atoms with E-state index in [1.165, 1.54) is 13.2 Å². The van der Waals surface area contributed by atoms with Crippen molar-refractivity contribution < 1.29 is 27.8 Å². The van der Waals surface area contributed by atoms with E-state index in [4.69, 9.17) is 9.84 Å². The Bertz CT molecular complexity index is 384. The van der Waals surface area contributed by atoms with Gasteiger partial charge < -0.3 is 14.6 Å². The van der Waals surface area contributed by atoms with Gasteiger partial charge in [-0.2, -0.15) is 0 Å². The number of hydrogen-bond acceptors (Lipinski definition) is 4. The lowest BCUT2D eigenvalue weighted by Gasteiger charge is -2.14. The number of aromatic nitrogens is 1. The zero-order chi connectivity index (χ0) is 12.3. The van der Waals surface area contributed by atoms with Crippen molar-refractivity contribution >= 4 is 22.6 Å². The van der Waals surface area contributed by atoms with E-state index in [0.29, 0.717) is 0 Å². The number of nitrogens with zero attached hydrogens (tertiary/aromatic N) is 1. The van der Waals surface area contributed by atoms with Crippen molar-refractivity contribution in [1.29, 1.82) is 0 Å². The van der Waals surface area contributed by atoms with Crippen molar-refractivity contribution in [2.45, 2.75) is 13.0 Å². The van der Waals surface area contributed by atoms with Crippen molar-refractivity contribution in [1.82, 2.24) is 4.98 Å². The summed E-state index contributed by atoms with van der Waals surface area (Å²) in [5, 5.41) is 8.89. The third-order valence-corrected chi connectivity index (χ3v) is 2.35. The molecule has 0 amide bonds. The van der Waals surface area contributed by atoms with E-state index in [-0.39, 0.29) is 15.1 Å². The van der Waals surface area contributed by atoms with Gasteiger partial charge in [0, 0.05) is 6.07 Å². The van der Waals surface area contributed by atoms with Gasteiger partial charge in [-0.1, -0.05) is 0 Å². The quantitative estimate of drug-likeness (QED) is 0.850. The summed E-state index contributed by atoms with van der Waals surface area (Å²) in [5.41, 5.74) is -0.221. The average molecular weight is 349 g/mol. The molecule has 1 aromatic heterocycles. The molecule has 1 heterocycles. The van der Waals surface area contributed by atoms with Crippen LogP contribution in [0.2, 0.25) is 0 Å². The van der Waals surface area contributed by atoms with Crippen molar-refractivity contribution in [3.63, 3.8) is 0 Å². The van der Waals surface area contributed by atoms with Gasteiger partial charge in [-0.05, 0) is 22.6 Å². The number of hydrogen-bond donors (Lipinski definition) is 1. The Labute approximate surface area is 103 Å². The molecule has 0 saturated heterocycles. The average Bonchev–Trinajstić information content (AvgIpc) is 2.19. The van der Waals surface area contributed by atoms with Crippen LogP contribution in [-0.2, 0) is 6.61 Å². The normalized spacial score (nSPS) is 11.4. The Morgan fingerprint density at radius 1 is 1.50 bits per heavy atom. The summed E-state index contributed by atoms with van der Waals surface area (Å²) >= 11 is 1.64. The first-order valence-electron chi connectivity index (χ1n) is 3.97. The van der Waals surface area contributed by atoms with Crippen LogP contribution in [0.25, 0.3) is 0 Å². The van der Waals surface area contributed by atoms with Gasteiger partial charge in [0.1, 0.15) is 5.69 Å². The second-order valence-corrected chi connectivity index (χ2v) is 3.79. The standard InChI is InChI=1S/C8H7F3INO3/c1-15-6-2-4(12)7(5(3-14)13-6)16-8(9,10)11/h2,14H,3H2,1H3. The fourth-order valence-electron chi connectivity index (χ4n) is 0.963. The van der Waals surface area contributed by atoms with Crippen LogP contribution in [0.3, 0.4) is 0 Å². The number of aliphatic hydroxyl groups excluding tert-OH is 1. The smallest absolute Gasteiger partial charge is 0.481 e. The molecule has 0 aromatic carbocycles. The van der Waals surface area contributed by atoms with Gasteiger partial charge in [0.2, 0.25) is 5.88 Å². The molecule has 16 heavy (non-hydrogen) atoms. The number of halogens is 4. The van der Waals surface area contributed by atoms with Crippen LogP contribution in [0.5, 0.6) is 11.6 Å². The summed E-state index contributed by atoms with van der Waals surface area (Å²) in [6.07, 6.45) is -4.82. The number of aliphatic hydroxyl groups is 1. The molecule has 8 heteroatoms. The number of pyridine rings is 1. The van der Waals surface area contributed by atoms with Crippen LogP contribution in [0.4, 0.5) is 13.2 Å². The molecule has 0 fully saturated rings. The Morgan fingerprint density at radius 3 is 2.56 bits per heavy atom. The third-order valence-electron chi connectivity index (χ3n) is 1.55. The molecular formula is C8H7F3INO3. The first-order chi connectivity index (χ1) is 7.37. The van der Waals surface area contributed by atoms with E-state index in [1.54, 1.807) is 22.6 Å². The van der Waals surface area contributed by atoms with Crippen molar-refractivity contribution in [3.05, 3.63) is 15.3 Å². The second-order valence-electron chi connectivity index (χ2n) is 2.63. The summed E-state index contributed by atoms with van der Waals surface area (Å²) in [6, 6.07) is 1.28. The lowest BCUT2D eigenvalue weighted by atomic mass is 10.3. The minimum Gasteiger partial charge on any atom is -0.481 e. The molecule has 0 atom stereocenters. The van der Waals surface area contributed by atoms with E-state index in [0.717, 1.165) is 0 Å². The molecule has 0 spiro atoms. The zero-order valence-electron chi connectivity index (χ0n) is 8.01. The van der Waals surface area contributed by atoms with Gasteiger partial charge in [0.15, 0.2) is 5.75 Å². The van der Waals surface area contributed by atoms with E-state index in [2.05, 4.69) is 9.72 Å². The molecule has 1 aromatic rings. The van der Waals surface area contributed by atoms with Crippen molar-refractivity contribution in [2.75, 3.05) is 7.11 Å². The molecule has 1 rings (SSSR count). The molecule has 0 unspecified atom stereocenters. The Kier molecular flexibility index (Phi) is 4.19. The predicted molar refractivity (Wildman–Crippen MR) is 56.1 cm³/mol. The lowest BCUT2D eigenvalue weighted by molar-refractivity contribution is -0.275. The highest BCUT2D eigenvalue weighted by Gasteiger charge is 2.33. The third kappa shape index (κ3) is 3.37. The summed E-state index contributed by atoms with van der Waals surface area (Å²) in [4.78, 5) is 3.65. The monoisotopic (exact) mass is 349 g/mol. The summed E-state index contributed by atoms with van der Waals surface area (Å²) < 4.78 is 44.8. The van der Waals surface area contributed by atoms with Crippen LogP contribution in [0.1, 0.15) is 5.69 Å². The van der Waals surface area contributed by atoms with Gasteiger partial charge in [0.25, 0.3) is 0 Å². The maximum atomic E-state index is 12.1. The maximum absolute atomic E-state index is 12.1. The molecule has 0 radical (unpaired) electrons. The minimum absolute atomic E-state index is 0.114. The number of rotatable bonds is 3. The highest BCUT2D eigenvalue weighted by atomic mass is 127. The fraction of sp³-hybridized carbons (Fsp3) is 0.375. The van der Waals surface area contributed by atoms with Gasteiger partial charge in [-0.25, -0.2) is 4.98 Å². The molecule has 4 nitrogen and oxygen atoms in total. The summed E-state index contributed by atoms with van der Waals surface area (Å²) in [6.45, 7) is -0.668. The van der Waals surface area contributed by atoms with Crippen LogP contribution in [0, 0.1) is 3.57 Å². The molecule has 0 bridgehead atoms. The molecule has 1 N–H and O–H groups in total. The summed E-state index contributed by atoms with van der Waals surface area (Å²) in [5.74, 6) is -0.389. The highest BCUT2D eigenvalue weighted by molar-refractivity contribution is 14.1. The first kappa shape index (κ1) is 13.3. The van der Waals surface area contributed by atoms with Crippen LogP contribution < -0.4 is 9.47 Å². The van der Waals surface area contributed by atoms with Crippen LogP contribution in [0.15, 0.2) is 6.07 Å². The topological polar surface area (TPSA) is 51.6 Å². The fourth-order valence-corrected chi connectivity index (χ4v) is 1.65. The summed E-state index contributed by atoms with van der Waals surface area (Å²) in [7, 11) is 1.32. The molecule has 0 aliphatic carbocycles. The second kappa shape index (κ2) is 5.04. The largest absolute Gasteiger partial charge is 0.573 e. The molecule has 0 aliphatic rings. The van der Waals surface area contributed by atoms with E-state index in [9.17, 15) is 13.2 Å². The number of ether oxygens (including phenoxy) is 2. The Morgan fingerprint density at radius 2 is 2.12 bits per heavy atom. The van der Waals surface area contributed by atoms with Gasteiger partial charge in [0.05, 0.1) is 17.3 Å². The number of methoxy groups -OCH3 is 1. The van der Waals surface area contributed by atoms with Crippen molar-refractivity contribution in [2.24, 2.45) is 0 Å². The van der Waals surface area contributed by atoms with Crippen LogP contribution >= 0.6 is 22.6 Å². The van der Waals surface area contributed by atoms with Gasteiger partial charge >= 0.3 is 6.36 Å². The Balaban J connectivity index is 3.16. The Hall–Kier alpha value is -0.770. The number of alkyl halides is 3. The highest BCUT2D eigenvalue weighted by Crippen LogP contribution is 2.32. The van der Waals surface area contributed by atoms with E-state index < -0.39 is 18.7 Å². The van der Waals surface area contributed by atoms with Crippen molar-refractivity contribution in [3.8, 4) is 11.6 Å². The maximum Gasteiger partial charge on any atom is 0.573 e. The predicted octanol–water partition coefficient (Wildman–Crippen LogP) is 2.09. The van der Waals surface area contributed by atoms with Gasteiger partial charge in [-0.3, -0.25) is 0 Å². The first-order valence-corrected chi connectivity index (χ1v) is 5.05. The SMILES string of the molecule is COc1cc(I)c(OC(F)(F)F)c(CO)n1.